The standard InChI is InChI=1S/C14H19BrN4OS/c1-17(9-12-3-5-13(15)6-4-12)11-19-14(21)18(10-16-19)7-8-20-2/h3-6,10H,7-9,11H2,1-2H3. The minimum absolute atomic E-state index is 0.634. The number of hydrogen-bond donors (Lipinski definition) is 0. The van der Waals surface area contributed by atoms with Gasteiger partial charge in [-0.1, -0.05) is 28.1 Å². The van der Waals surface area contributed by atoms with Crippen LogP contribution in [0.1, 0.15) is 5.56 Å². The van der Waals surface area contributed by atoms with Gasteiger partial charge in [0.2, 0.25) is 0 Å². The van der Waals surface area contributed by atoms with Crippen LogP contribution in [0.3, 0.4) is 0 Å². The first-order valence-electron chi connectivity index (χ1n) is 6.64. The van der Waals surface area contributed by atoms with Crippen LogP contribution in [0.25, 0.3) is 0 Å². The number of methoxy groups -OCH3 is 1. The molecule has 0 aliphatic rings. The van der Waals surface area contributed by atoms with Crippen molar-refractivity contribution in [3.8, 4) is 0 Å². The maximum Gasteiger partial charge on any atom is 0.198 e. The van der Waals surface area contributed by atoms with Crippen LogP contribution in [0, 0.1) is 4.77 Å². The van der Waals surface area contributed by atoms with E-state index in [0.29, 0.717) is 13.3 Å². The number of benzene rings is 1. The van der Waals surface area contributed by atoms with Crippen molar-refractivity contribution < 1.29 is 4.74 Å². The average Bonchev–Trinajstić information content (AvgIpc) is 2.80. The lowest BCUT2D eigenvalue weighted by Crippen LogP contribution is -2.22. The second-order valence-corrected chi connectivity index (χ2v) is 6.16. The van der Waals surface area contributed by atoms with Gasteiger partial charge in [0.1, 0.15) is 6.33 Å². The largest absolute Gasteiger partial charge is 0.383 e. The molecule has 0 aliphatic carbocycles. The number of halogens is 1. The minimum atomic E-state index is 0.634. The van der Waals surface area contributed by atoms with E-state index in [1.165, 1.54) is 5.56 Å². The summed E-state index contributed by atoms with van der Waals surface area (Å²) in [5.74, 6) is 0. The highest BCUT2D eigenvalue weighted by Gasteiger charge is 2.05. The number of rotatable bonds is 7. The highest BCUT2D eigenvalue weighted by atomic mass is 79.9. The predicted molar refractivity (Wildman–Crippen MR) is 88.5 cm³/mol. The molecule has 2 rings (SSSR count). The third-order valence-electron chi connectivity index (χ3n) is 3.07. The van der Waals surface area contributed by atoms with E-state index in [4.69, 9.17) is 17.0 Å². The van der Waals surface area contributed by atoms with Gasteiger partial charge in [-0.25, -0.2) is 4.68 Å². The third-order valence-corrected chi connectivity index (χ3v) is 4.05. The van der Waals surface area contributed by atoms with Gasteiger partial charge in [0.05, 0.1) is 13.3 Å². The van der Waals surface area contributed by atoms with Crippen molar-refractivity contribution in [1.82, 2.24) is 19.2 Å². The van der Waals surface area contributed by atoms with Gasteiger partial charge in [0.15, 0.2) is 4.77 Å². The third kappa shape index (κ3) is 4.74. The average molecular weight is 371 g/mol. The van der Waals surface area contributed by atoms with E-state index < -0.39 is 0 Å². The maximum atomic E-state index is 5.41. The van der Waals surface area contributed by atoms with Crippen LogP contribution in [0.2, 0.25) is 0 Å². The number of nitrogens with zero attached hydrogens (tertiary/aromatic N) is 4. The molecule has 2 aromatic rings. The monoisotopic (exact) mass is 370 g/mol. The lowest BCUT2D eigenvalue weighted by molar-refractivity contribution is 0.186. The molecule has 1 aromatic heterocycles. The first-order valence-corrected chi connectivity index (χ1v) is 7.84. The molecule has 0 bridgehead atoms. The van der Waals surface area contributed by atoms with Gasteiger partial charge in [-0.15, -0.1) is 0 Å². The van der Waals surface area contributed by atoms with Crippen molar-refractivity contribution in [2.24, 2.45) is 0 Å². The number of aromatic nitrogens is 3. The SMILES string of the molecule is COCCn1cnn(CN(C)Cc2ccc(Br)cc2)c1=S. The molecule has 5 nitrogen and oxygen atoms in total. The Hall–Kier alpha value is -1.02. The molecule has 0 spiro atoms. The molecule has 0 fully saturated rings. The molecule has 0 saturated carbocycles. The Morgan fingerprint density at radius 3 is 2.71 bits per heavy atom. The summed E-state index contributed by atoms with van der Waals surface area (Å²) in [6, 6.07) is 8.32. The molecule has 0 unspecified atom stereocenters. The normalized spacial score (nSPS) is 11.2. The van der Waals surface area contributed by atoms with Crippen molar-refractivity contribution in [2.75, 3.05) is 20.8 Å². The Morgan fingerprint density at radius 2 is 2.05 bits per heavy atom. The van der Waals surface area contributed by atoms with Gasteiger partial charge in [-0.3, -0.25) is 4.90 Å². The van der Waals surface area contributed by atoms with E-state index >= 15 is 0 Å². The zero-order chi connectivity index (χ0) is 15.2. The molecule has 0 aliphatic heterocycles. The Bertz CT molecular complexity index is 623. The number of ether oxygens (including phenoxy) is 1. The molecule has 0 atom stereocenters. The van der Waals surface area contributed by atoms with Crippen LogP contribution in [0.4, 0.5) is 0 Å². The van der Waals surface area contributed by atoms with Crippen LogP contribution in [-0.2, 0) is 24.5 Å². The minimum Gasteiger partial charge on any atom is -0.383 e. The zero-order valence-electron chi connectivity index (χ0n) is 12.2. The Labute approximate surface area is 138 Å². The summed E-state index contributed by atoms with van der Waals surface area (Å²) in [6.07, 6.45) is 1.76. The zero-order valence-corrected chi connectivity index (χ0v) is 14.6. The second-order valence-electron chi connectivity index (χ2n) is 4.88. The van der Waals surface area contributed by atoms with E-state index in [2.05, 4.69) is 45.1 Å². The van der Waals surface area contributed by atoms with Crippen LogP contribution < -0.4 is 0 Å². The van der Waals surface area contributed by atoms with Crippen LogP contribution in [0.15, 0.2) is 35.1 Å². The summed E-state index contributed by atoms with van der Waals surface area (Å²) in [7, 11) is 3.73. The Morgan fingerprint density at radius 1 is 1.33 bits per heavy atom. The Balaban J connectivity index is 1.96. The molecule has 1 heterocycles. The highest BCUT2D eigenvalue weighted by molar-refractivity contribution is 9.10. The fraction of sp³-hybridized carbons (Fsp3) is 0.429. The van der Waals surface area contributed by atoms with E-state index in [1.54, 1.807) is 13.4 Å². The van der Waals surface area contributed by atoms with E-state index in [1.807, 2.05) is 21.4 Å². The van der Waals surface area contributed by atoms with E-state index in [0.717, 1.165) is 22.3 Å². The molecule has 7 heteroatoms. The lowest BCUT2D eigenvalue weighted by Gasteiger charge is -2.16. The van der Waals surface area contributed by atoms with Crippen LogP contribution in [-0.4, -0.2) is 40.0 Å². The first kappa shape index (κ1) is 16.4. The lowest BCUT2D eigenvalue weighted by atomic mass is 10.2. The molecular formula is C14H19BrN4OS. The molecule has 0 saturated heterocycles. The smallest absolute Gasteiger partial charge is 0.198 e. The summed E-state index contributed by atoms with van der Waals surface area (Å²) >= 11 is 8.86. The van der Waals surface area contributed by atoms with Gasteiger partial charge in [-0.05, 0) is 37.0 Å². The number of hydrogen-bond acceptors (Lipinski definition) is 4. The van der Waals surface area contributed by atoms with Gasteiger partial charge < -0.3 is 9.30 Å². The summed E-state index contributed by atoms with van der Waals surface area (Å²) in [5.41, 5.74) is 1.26. The van der Waals surface area contributed by atoms with Crippen molar-refractivity contribution in [2.45, 2.75) is 19.8 Å². The van der Waals surface area contributed by atoms with Crippen molar-refractivity contribution >= 4 is 28.1 Å². The molecule has 0 radical (unpaired) electrons. The fourth-order valence-corrected chi connectivity index (χ4v) is 2.50. The van der Waals surface area contributed by atoms with Gasteiger partial charge in [0, 0.05) is 24.7 Å². The second kappa shape index (κ2) is 7.84. The van der Waals surface area contributed by atoms with Gasteiger partial charge in [0.25, 0.3) is 0 Å². The molecule has 1 aromatic carbocycles. The summed E-state index contributed by atoms with van der Waals surface area (Å²) in [5, 5.41) is 4.34. The molecule has 0 amide bonds. The predicted octanol–water partition coefficient (Wildman–Crippen LogP) is 2.91. The molecule has 0 N–H and O–H groups in total. The van der Waals surface area contributed by atoms with Gasteiger partial charge >= 0.3 is 0 Å². The van der Waals surface area contributed by atoms with Crippen LogP contribution in [0.5, 0.6) is 0 Å². The van der Waals surface area contributed by atoms with Crippen LogP contribution >= 0.6 is 28.1 Å². The van der Waals surface area contributed by atoms with Crippen molar-refractivity contribution in [1.29, 1.82) is 0 Å². The van der Waals surface area contributed by atoms with Crippen molar-refractivity contribution in [3.05, 3.63) is 45.4 Å². The van der Waals surface area contributed by atoms with Crippen molar-refractivity contribution in [3.63, 3.8) is 0 Å². The van der Waals surface area contributed by atoms with Gasteiger partial charge in [-0.2, -0.15) is 5.10 Å². The summed E-state index contributed by atoms with van der Waals surface area (Å²) in [4.78, 5) is 2.17. The molecule has 21 heavy (non-hydrogen) atoms. The summed E-state index contributed by atoms with van der Waals surface area (Å²) in [6.45, 7) is 2.87. The fourth-order valence-electron chi connectivity index (χ4n) is 1.99. The van der Waals surface area contributed by atoms with E-state index in [9.17, 15) is 0 Å². The Kier molecular flexibility index (Phi) is 6.10. The topological polar surface area (TPSA) is 35.2 Å². The van der Waals surface area contributed by atoms with E-state index in [-0.39, 0.29) is 0 Å². The quantitative estimate of drug-likeness (QED) is 0.702. The first-order chi connectivity index (χ1) is 10.1. The maximum absolute atomic E-state index is 5.41. The molecule has 114 valence electrons. The molecular weight excluding hydrogens is 352 g/mol. The summed E-state index contributed by atoms with van der Waals surface area (Å²) < 4.78 is 10.6. The highest BCUT2D eigenvalue weighted by Crippen LogP contribution is 2.12.